The fraction of sp³-hybridized carbons (Fsp3) is 0.154. The van der Waals surface area contributed by atoms with Crippen LogP contribution in [-0.4, -0.2) is 5.91 Å². The average molecular weight is 268 g/mol. The van der Waals surface area contributed by atoms with Crippen LogP contribution in [0.15, 0.2) is 40.8 Å². The highest BCUT2D eigenvalue weighted by Gasteiger charge is 2.13. The normalized spacial score (nSPS) is 12.2. The van der Waals surface area contributed by atoms with Crippen molar-refractivity contribution in [1.82, 2.24) is 0 Å². The van der Waals surface area contributed by atoms with Crippen molar-refractivity contribution in [2.45, 2.75) is 12.3 Å². The molecule has 0 aliphatic heterocycles. The summed E-state index contributed by atoms with van der Waals surface area (Å²) in [5.74, 6) is -0.200. The van der Waals surface area contributed by atoms with Crippen LogP contribution in [0.2, 0.25) is 0 Å². The lowest BCUT2D eigenvalue weighted by molar-refractivity contribution is 0.0995. The SMILES string of the molecule is CC(Cl)c1ccc(C(=O)Nc2cccc(F)c2)o1. The number of carbonyl (C=O) groups excluding carboxylic acids is 1. The van der Waals surface area contributed by atoms with E-state index in [2.05, 4.69) is 5.32 Å². The molecule has 1 aromatic heterocycles. The predicted octanol–water partition coefficient (Wildman–Crippen LogP) is 3.97. The molecular formula is C13H11ClFNO2. The van der Waals surface area contributed by atoms with Crippen LogP contribution in [0.25, 0.3) is 0 Å². The highest BCUT2D eigenvalue weighted by Crippen LogP contribution is 2.22. The van der Waals surface area contributed by atoms with Gasteiger partial charge >= 0.3 is 0 Å². The second-order valence-electron chi connectivity index (χ2n) is 3.78. The minimum atomic E-state index is -0.441. The largest absolute Gasteiger partial charge is 0.454 e. The first-order valence-corrected chi connectivity index (χ1v) is 5.80. The molecule has 1 N–H and O–H groups in total. The molecule has 0 saturated carbocycles. The highest BCUT2D eigenvalue weighted by atomic mass is 35.5. The van der Waals surface area contributed by atoms with E-state index in [4.69, 9.17) is 16.0 Å². The number of furan rings is 1. The minimum absolute atomic E-state index is 0.141. The van der Waals surface area contributed by atoms with Crippen molar-refractivity contribution in [1.29, 1.82) is 0 Å². The van der Waals surface area contributed by atoms with E-state index in [1.807, 2.05) is 0 Å². The fourth-order valence-electron chi connectivity index (χ4n) is 1.45. The summed E-state index contributed by atoms with van der Waals surface area (Å²) in [6, 6.07) is 8.80. The van der Waals surface area contributed by atoms with Gasteiger partial charge in [-0.25, -0.2) is 4.39 Å². The van der Waals surface area contributed by atoms with Gasteiger partial charge in [-0.1, -0.05) is 6.07 Å². The average Bonchev–Trinajstić information content (AvgIpc) is 2.78. The van der Waals surface area contributed by atoms with Gasteiger partial charge in [0.1, 0.15) is 11.6 Å². The topological polar surface area (TPSA) is 42.2 Å². The van der Waals surface area contributed by atoms with E-state index in [0.29, 0.717) is 11.4 Å². The molecular weight excluding hydrogens is 257 g/mol. The molecule has 5 heteroatoms. The smallest absolute Gasteiger partial charge is 0.291 e. The second kappa shape index (κ2) is 5.23. The van der Waals surface area contributed by atoms with Crippen molar-refractivity contribution < 1.29 is 13.6 Å². The van der Waals surface area contributed by atoms with Crippen LogP contribution >= 0.6 is 11.6 Å². The molecule has 0 fully saturated rings. The van der Waals surface area contributed by atoms with Gasteiger partial charge in [-0.05, 0) is 37.3 Å². The molecule has 0 aliphatic rings. The van der Waals surface area contributed by atoms with E-state index in [1.165, 1.54) is 24.3 Å². The second-order valence-corrected chi connectivity index (χ2v) is 4.44. The summed E-state index contributed by atoms with van der Waals surface area (Å²) in [5.41, 5.74) is 0.372. The maximum atomic E-state index is 12.9. The summed E-state index contributed by atoms with van der Waals surface area (Å²) >= 11 is 5.83. The van der Waals surface area contributed by atoms with Crippen molar-refractivity contribution in [2.24, 2.45) is 0 Å². The molecule has 1 heterocycles. The Kier molecular flexibility index (Phi) is 3.67. The van der Waals surface area contributed by atoms with Crippen molar-refractivity contribution in [2.75, 3.05) is 5.32 Å². The van der Waals surface area contributed by atoms with Crippen molar-refractivity contribution >= 4 is 23.2 Å². The van der Waals surface area contributed by atoms with E-state index in [9.17, 15) is 9.18 Å². The van der Waals surface area contributed by atoms with E-state index in [1.54, 1.807) is 19.1 Å². The Balaban J connectivity index is 2.12. The minimum Gasteiger partial charge on any atom is -0.454 e. The number of carbonyl (C=O) groups is 1. The van der Waals surface area contributed by atoms with Crippen LogP contribution in [0, 0.1) is 5.82 Å². The van der Waals surface area contributed by atoms with Gasteiger partial charge in [0, 0.05) is 5.69 Å². The molecule has 1 atom stereocenters. The molecule has 1 aromatic carbocycles. The van der Waals surface area contributed by atoms with Crippen LogP contribution in [0.4, 0.5) is 10.1 Å². The Hall–Kier alpha value is -1.81. The molecule has 0 saturated heterocycles. The molecule has 3 nitrogen and oxygen atoms in total. The van der Waals surface area contributed by atoms with Crippen molar-refractivity contribution in [3.8, 4) is 0 Å². The number of amides is 1. The molecule has 1 amide bonds. The van der Waals surface area contributed by atoms with Gasteiger partial charge in [0.15, 0.2) is 5.76 Å². The summed E-state index contributed by atoms with van der Waals surface area (Å²) in [4.78, 5) is 11.8. The molecule has 2 rings (SSSR count). The molecule has 94 valence electrons. The highest BCUT2D eigenvalue weighted by molar-refractivity contribution is 6.20. The molecule has 0 radical (unpaired) electrons. The lowest BCUT2D eigenvalue weighted by atomic mass is 10.3. The van der Waals surface area contributed by atoms with Crippen molar-refractivity contribution in [3.05, 3.63) is 53.7 Å². The third-order valence-corrected chi connectivity index (χ3v) is 2.54. The van der Waals surface area contributed by atoms with Gasteiger partial charge in [-0.15, -0.1) is 11.6 Å². The van der Waals surface area contributed by atoms with Crippen LogP contribution in [0.3, 0.4) is 0 Å². The van der Waals surface area contributed by atoms with Gasteiger partial charge in [-0.2, -0.15) is 0 Å². The van der Waals surface area contributed by atoms with Gasteiger partial charge in [0.05, 0.1) is 5.38 Å². The third-order valence-electron chi connectivity index (χ3n) is 2.33. The molecule has 1 unspecified atom stereocenters. The van der Waals surface area contributed by atoms with E-state index in [-0.39, 0.29) is 11.1 Å². The fourth-order valence-corrected chi connectivity index (χ4v) is 1.56. The zero-order valence-electron chi connectivity index (χ0n) is 9.61. The summed E-state index contributed by atoms with van der Waals surface area (Å²) in [7, 11) is 0. The van der Waals surface area contributed by atoms with E-state index in [0.717, 1.165) is 0 Å². The third kappa shape index (κ3) is 2.90. The Labute approximate surface area is 109 Å². The molecule has 2 aromatic rings. The van der Waals surface area contributed by atoms with E-state index >= 15 is 0 Å². The maximum absolute atomic E-state index is 12.9. The monoisotopic (exact) mass is 267 g/mol. The number of hydrogen-bond acceptors (Lipinski definition) is 2. The quantitative estimate of drug-likeness (QED) is 0.855. The van der Waals surface area contributed by atoms with Gasteiger partial charge in [0.25, 0.3) is 5.91 Å². The molecule has 18 heavy (non-hydrogen) atoms. The summed E-state index contributed by atoms with van der Waals surface area (Å²) in [6.07, 6.45) is 0. The first-order chi connectivity index (χ1) is 8.56. The number of nitrogens with one attached hydrogen (secondary N) is 1. The zero-order valence-corrected chi connectivity index (χ0v) is 10.4. The Morgan fingerprint density at radius 3 is 2.78 bits per heavy atom. The Morgan fingerprint density at radius 2 is 2.17 bits per heavy atom. The van der Waals surface area contributed by atoms with Gasteiger partial charge < -0.3 is 9.73 Å². The Bertz CT molecular complexity index is 566. The molecule has 0 spiro atoms. The summed E-state index contributed by atoms with van der Waals surface area (Å²) in [6.45, 7) is 1.74. The summed E-state index contributed by atoms with van der Waals surface area (Å²) in [5, 5.41) is 2.23. The van der Waals surface area contributed by atoms with E-state index < -0.39 is 11.7 Å². The Morgan fingerprint density at radius 1 is 1.39 bits per heavy atom. The van der Waals surface area contributed by atoms with Crippen LogP contribution < -0.4 is 5.32 Å². The molecule has 0 aliphatic carbocycles. The standard InChI is InChI=1S/C13H11ClFNO2/c1-8(14)11-5-6-12(18-11)13(17)16-10-4-2-3-9(15)7-10/h2-8H,1H3,(H,16,17). The van der Waals surface area contributed by atoms with Crippen LogP contribution in [0.1, 0.15) is 28.6 Å². The number of alkyl halides is 1. The van der Waals surface area contributed by atoms with Crippen LogP contribution in [0.5, 0.6) is 0 Å². The van der Waals surface area contributed by atoms with Crippen LogP contribution in [-0.2, 0) is 0 Å². The lowest BCUT2D eigenvalue weighted by Crippen LogP contribution is -2.10. The number of hydrogen-bond donors (Lipinski definition) is 1. The summed E-state index contributed by atoms with van der Waals surface area (Å²) < 4.78 is 18.2. The lowest BCUT2D eigenvalue weighted by Gasteiger charge is -2.03. The van der Waals surface area contributed by atoms with Crippen molar-refractivity contribution in [3.63, 3.8) is 0 Å². The zero-order chi connectivity index (χ0) is 13.1. The first kappa shape index (κ1) is 12.6. The maximum Gasteiger partial charge on any atom is 0.291 e. The first-order valence-electron chi connectivity index (χ1n) is 5.37. The number of benzene rings is 1. The predicted molar refractivity (Wildman–Crippen MR) is 67.3 cm³/mol. The number of rotatable bonds is 3. The van der Waals surface area contributed by atoms with Gasteiger partial charge in [-0.3, -0.25) is 4.79 Å². The number of halogens is 2. The van der Waals surface area contributed by atoms with Gasteiger partial charge in [0.2, 0.25) is 0 Å². The molecule has 0 bridgehead atoms. The number of anilines is 1.